The van der Waals surface area contributed by atoms with Gasteiger partial charge < -0.3 is 4.90 Å². The minimum atomic E-state index is -3.05. The Morgan fingerprint density at radius 2 is 2.08 bits per heavy atom. The van der Waals surface area contributed by atoms with Crippen molar-refractivity contribution in [2.24, 2.45) is 5.92 Å². The van der Waals surface area contributed by atoms with Crippen LogP contribution in [0.2, 0.25) is 10.0 Å². The van der Waals surface area contributed by atoms with E-state index in [1.807, 2.05) is 13.8 Å². The van der Waals surface area contributed by atoms with Gasteiger partial charge in [-0.15, -0.1) is 0 Å². The maximum atomic E-state index is 12.6. The number of sulfone groups is 1. The Hall–Kier alpha value is -1.04. The van der Waals surface area contributed by atoms with Crippen molar-refractivity contribution < 1.29 is 13.2 Å². The van der Waals surface area contributed by atoms with E-state index in [9.17, 15) is 13.2 Å². The average Bonchev–Trinajstić information content (AvgIpc) is 2.85. The minimum Gasteiger partial charge on any atom is -0.335 e. The van der Waals surface area contributed by atoms with Crippen molar-refractivity contribution in [3.8, 4) is 0 Å². The maximum Gasteiger partial charge on any atom is 0.246 e. The van der Waals surface area contributed by atoms with Crippen LogP contribution in [0.5, 0.6) is 0 Å². The molecule has 0 bridgehead atoms. The molecule has 0 aromatic heterocycles. The highest BCUT2D eigenvalue weighted by atomic mass is 35.5. The number of rotatable bonds is 5. The van der Waals surface area contributed by atoms with Gasteiger partial charge in [-0.1, -0.05) is 49.2 Å². The minimum absolute atomic E-state index is 0.0389. The molecule has 24 heavy (non-hydrogen) atoms. The van der Waals surface area contributed by atoms with Gasteiger partial charge in [0.2, 0.25) is 5.91 Å². The number of carbonyl (C=O) groups excluding carboxylic acids is 1. The molecule has 1 aromatic carbocycles. The van der Waals surface area contributed by atoms with Crippen molar-refractivity contribution >= 4 is 45.0 Å². The van der Waals surface area contributed by atoms with Gasteiger partial charge in [-0.25, -0.2) is 8.42 Å². The highest BCUT2D eigenvalue weighted by molar-refractivity contribution is 7.91. The standard InChI is InChI=1S/C17H21Cl2NO3S/c1-12(2)10-20(14-8-9-24(22,23)11-14)16(21)7-6-13-4-3-5-15(18)17(13)19/h3-7,12,14H,8-11H2,1-2H3/b7-6+. The normalized spacial score (nSPS) is 20.0. The number of hydrogen-bond acceptors (Lipinski definition) is 3. The molecular formula is C17H21Cl2NO3S. The molecule has 2 rings (SSSR count). The second-order valence-electron chi connectivity index (χ2n) is 6.42. The molecule has 1 unspecified atom stereocenters. The molecule has 7 heteroatoms. The summed E-state index contributed by atoms with van der Waals surface area (Å²) >= 11 is 12.1. The third-order valence-electron chi connectivity index (χ3n) is 3.88. The van der Waals surface area contributed by atoms with E-state index in [1.165, 1.54) is 6.08 Å². The Labute approximate surface area is 153 Å². The van der Waals surface area contributed by atoms with Crippen LogP contribution in [0.1, 0.15) is 25.8 Å². The number of hydrogen-bond donors (Lipinski definition) is 0. The zero-order valence-corrected chi connectivity index (χ0v) is 16.0. The van der Waals surface area contributed by atoms with E-state index in [-0.39, 0.29) is 29.4 Å². The summed E-state index contributed by atoms with van der Waals surface area (Å²) in [5.41, 5.74) is 0.654. The van der Waals surface area contributed by atoms with Gasteiger partial charge in [0.25, 0.3) is 0 Å². The number of amides is 1. The van der Waals surface area contributed by atoms with Crippen LogP contribution >= 0.6 is 23.2 Å². The van der Waals surface area contributed by atoms with E-state index in [2.05, 4.69) is 0 Å². The van der Waals surface area contributed by atoms with Crippen LogP contribution in [0.15, 0.2) is 24.3 Å². The fourth-order valence-electron chi connectivity index (χ4n) is 2.74. The predicted molar refractivity (Wildman–Crippen MR) is 99.1 cm³/mol. The van der Waals surface area contributed by atoms with Gasteiger partial charge >= 0.3 is 0 Å². The largest absolute Gasteiger partial charge is 0.335 e. The molecule has 1 heterocycles. The third-order valence-corrected chi connectivity index (χ3v) is 6.46. The molecule has 0 N–H and O–H groups in total. The number of halogens is 2. The fraction of sp³-hybridized carbons (Fsp3) is 0.471. The van der Waals surface area contributed by atoms with Crippen molar-refractivity contribution in [2.75, 3.05) is 18.1 Å². The first kappa shape index (κ1) is 19.3. The molecule has 1 aliphatic rings. The Balaban J connectivity index is 2.19. The third kappa shape index (κ3) is 4.98. The molecule has 132 valence electrons. The Morgan fingerprint density at radius 3 is 2.67 bits per heavy atom. The van der Waals surface area contributed by atoms with Gasteiger partial charge in [-0.2, -0.15) is 0 Å². The Morgan fingerprint density at radius 1 is 1.38 bits per heavy atom. The highest BCUT2D eigenvalue weighted by Gasteiger charge is 2.34. The van der Waals surface area contributed by atoms with Crippen LogP contribution in [-0.2, 0) is 14.6 Å². The lowest BCUT2D eigenvalue weighted by atomic mass is 10.1. The summed E-state index contributed by atoms with van der Waals surface area (Å²) in [6.45, 7) is 4.52. The monoisotopic (exact) mass is 389 g/mol. The van der Waals surface area contributed by atoms with Gasteiger partial charge in [0, 0.05) is 18.7 Å². The van der Waals surface area contributed by atoms with Crippen LogP contribution in [0.25, 0.3) is 6.08 Å². The topological polar surface area (TPSA) is 54.5 Å². The molecule has 1 aliphatic heterocycles. The first-order chi connectivity index (χ1) is 11.2. The molecule has 0 radical (unpaired) electrons. The van der Waals surface area contributed by atoms with Crippen molar-refractivity contribution in [1.82, 2.24) is 4.90 Å². The Bertz CT molecular complexity index is 744. The molecule has 1 atom stereocenters. The molecule has 4 nitrogen and oxygen atoms in total. The second-order valence-corrected chi connectivity index (χ2v) is 9.43. The number of carbonyl (C=O) groups is 1. The van der Waals surface area contributed by atoms with E-state index in [4.69, 9.17) is 23.2 Å². The molecule has 0 aliphatic carbocycles. The molecule has 1 amide bonds. The average molecular weight is 390 g/mol. The second kappa shape index (κ2) is 7.89. The van der Waals surface area contributed by atoms with E-state index in [0.717, 1.165) is 0 Å². The zero-order valence-electron chi connectivity index (χ0n) is 13.7. The first-order valence-electron chi connectivity index (χ1n) is 7.82. The summed E-state index contributed by atoms with van der Waals surface area (Å²) in [6.07, 6.45) is 3.55. The molecule has 1 aromatic rings. The smallest absolute Gasteiger partial charge is 0.246 e. The van der Waals surface area contributed by atoms with Crippen LogP contribution in [0.4, 0.5) is 0 Å². The van der Waals surface area contributed by atoms with Crippen molar-refractivity contribution in [1.29, 1.82) is 0 Å². The lowest BCUT2D eigenvalue weighted by Gasteiger charge is -2.28. The molecule has 0 spiro atoms. The number of benzene rings is 1. The van der Waals surface area contributed by atoms with E-state index in [1.54, 1.807) is 29.2 Å². The fourth-order valence-corrected chi connectivity index (χ4v) is 4.84. The molecular weight excluding hydrogens is 369 g/mol. The van der Waals surface area contributed by atoms with Gasteiger partial charge in [-0.05, 0) is 30.0 Å². The van der Waals surface area contributed by atoms with Crippen LogP contribution < -0.4 is 0 Å². The lowest BCUT2D eigenvalue weighted by Crippen LogP contribution is -2.42. The van der Waals surface area contributed by atoms with E-state index >= 15 is 0 Å². The maximum absolute atomic E-state index is 12.6. The Kier molecular flexibility index (Phi) is 6.34. The van der Waals surface area contributed by atoms with E-state index < -0.39 is 9.84 Å². The van der Waals surface area contributed by atoms with Crippen molar-refractivity contribution in [3.05, 3.63) is 39.9 Å². The summed E-state index contributed by atoms with van der Waals surface area (Å²) in [5, 5.41) is 0.814. The predicted octanol–water partition coefficient (Wildman–Crippen LogP) is 3.68. The van der Waals surface area contributed by atoms with Crippen molar-refractivity contribution in [2.45, 2.75) is 26.3 Å². The van der Waals surface area contributed by atoms with Crippen LogP contribution in [0, 0.1) is 5.92 Å². The molecule has 0 saturated carbocycles. The quantitative estimate of drug-likeness (QED) is 0.721. The zero-order chi connectivity index (χ0) is 17.9. The highest BCUT2D eigenvalue weighted by Crippen LogP contribution is 2.26. The molecule has 1 saturated heterocycles. The summed E-state index contributed by atoms with van der Waals surface area (Å²) in [4.78, 5) is 14.3. The SMILES string of the molecule is CC(C)CN(C(=O)/C=C/c1cccc(Cl)c1Cl)C1CCS(=O)(=O)C1. The van der Waals surface area contributed by atoms with Gasteiger partial charge in [0.15, 0.2) is 9.84 Å². The van der Waals surface area contributed by atoms with Crippen LogP contribution in [-0.4, -0.2) is 43.3 Å². The number of nitrogens with zero attached hydrogens (tertiary/aromatic N) is 1. The first-order valence-corrected chi connectivity index (χ1v) is 10.4. The summed E-state index contributed by atoms with van der Waals surface area (Å²) < 4.78 is 23.5. The molecule has 1 fully saturated rings. The lowest BCUT2D eigenvalue weighted by molar-refractivity contribution is -0.128. The summed E-state index contributed by atoms with van der Waals surface area (Å²) in [7, 11) is -3.05. The summed E-state index contributed by atoms with van der Waals surface area (Å²) in [5.74, 6) is 0.225. The van der Waals surface area contributed by atoms with Crippen molar-refractivity contribution in [3.63, 3.8) is 0 Å². The van der Waals surface area contributed by atoms with Gasteiger partial charge in [0.1, 0.15) is 0 Å². The van der Waals surface area contributed by atoms with Crippen LogP contribution in [0.3, 0.4) is 0 Å². The van der Waals surface area contributed by atoms with Gasteiger partial charge in [0.05, 0.1) is 21.6 Å². The summed E-state index contributed by atoms with van der Waals surface area (Å²) in [6, 6.07) is 4.94. The van der Waals surface area contributed by atoms with Gasteiger partial charge in [-0.3, -0.25) is 4.79 Å². The van der Waals surface area contributed by atoms with E-state index in [0.29, 0.717) is 28.6 Å².